The lowest BCUT2D eigenvalue weighted by molar-refractivity contribution is -0.193. The van der Waals surface area contributed by atoms with Gasteiger partial charge >= 0.3 is 36.4 Å². The van der Waals surface area contributed by atoms with Crippen LogP contribution in [0.25, 0.3) is 0 Å². The van der Waals surface area contributed by atoms with Crippen molar-refractivity contribution >= 4 is 17.9 Å². The number of hydrogen-bond donors (Lipinski definition) is 3. The first-order valence-electron chi connectivity index (χ1n) is 12.6. The van der Waals surface area contributed by atoms with Crippen LogP contribution in [0.5, 0.6) is 0 Å². The number of halogens is 9. The quantitative estimate of drug-likeness (QED) is 0.413. The van der Waals surface area contributed by atoms with E-state index in [1.165, 1.54) is 30.2 Å². The predicted molar refractivity (Wildman–Crippen MR) is 134 cm³/mol. The fourth-order valence-electron chi connectivity index (χ4n) is 3.62. The molecule has 0 unspecified atom stereocenters. The van der Waals surface area contributed by atoms with Gasteiger partial charge in [0.2, 0.25) is 0 Å². The second-order valence-corrected chi connectivity index (χ2v) is 9.38. The van der Waals surface area contributed by atoms with Gasteiger partial charge in [-0.05, 0) is 18.7 Å². The van der Waals surface area contributed by atoms with Gasteiger partial charge in [0.15, 0.2) is 0 Å². The Morgan fingerprint density at radius 3 is 1.62 bits per heavy atom. The Bertz CT molecular complexity index is 1170. The summed E-state index contributed by atoms with van der Waals surface area (Å²) in [6.07, 6.45) is -9.38. The summed E-state index contributed by atoms with van der Waals surface area (Å²) >= 11 is 0. The third-order valence-corrected chi connectivity index (χ3v) is 5.86. The summed E-state index contributed by atoms with van der Waals surface area (Å²) < 4.78 is 97.6. The van der Waals surface area contributed by atoms with Gasteiger partial charge in [-0.1, -0.05) is 6.07 Å². The highest BCUT2D eigenvalue weighted by Crippen LogP contribution is 2.18. The Labute approximate surface area is 249 Å². The first-order valence-corrected chi connectivity index (χ1v) is 12.6. The zero-order valence-electron chi connectivity index (χ0n) is 23.4. The molecule has 45 heavy (non-hydrogen) atoms. The SMILES string of the molecule is CN1CCN(Cc2cnc3n2CCN(Cc2cccnc2)C3)CC1.O=C(O)C(F)(F)F.O=C(O)C(F)(F)F.O=C(O)C(F)(F)F. The van der Waals surface area contributed by atoms with Gasteiger partial charge in [-0.15, -0.1) is 0 Å². The van der Waals surface area contributed by atoms with Gasteiger partial charge < -0.3 is 24.8 Å². The average molecular weight is 669 g/mol. The molecule has 0 amide bonds. The number of carboxylic acid groups (broad SMARTS) is 3. The third-order valence-electron chi connectivity index (χ3n) is 5.86. The number of alkyl halides is 9. The van der Waals surface area contributed by atoms with Crippen LogP contribution in [0, 0.1) is 0 Å². The van der Waals surface area contributed by atoms with Gasteiger partial charge in [-0.3, -0.25) is 14.8 Å². The number of aliphatic carboxylic acids is 3. The molecule has 2 aliphatic heterocycles. The summed E-state index contributed by atoms with van der Waals surface area (Å²) in [5, 5.41) is 21.4. The van der Waals surface area contributed by atoms with Crippen LogP contribution in [-0.2, 0) is 40.6 Å². The summed E-state index contributed by atoms with van der Waals surface area (Å²) in [5.41, 5.74) is 2.64. The van der Waals surface area contributed by atoms with E-state index in [4.69, 9.17) is 34.7 Å². The van der Waals surface area contributed by atoms with Crippen molar-refractivity contribution < 1.29 is 69.2 Å². The Morgan fingerprint density at radius 2 is 1.20 bits per heavy atom. The highest BCUT2D eigenvalue weighted by molar-refractivity contribution is 5.73. The van der Waals surface area contributed by atoms with Crippen molar-refractivity contribution in [3.8, 4) is 0 Å². The maximum Gasteiger partial charge on any atom is 0.490 e. The number of carboxylic acids is 3. The largest absolute Gasteiger partial charge is 0.490 e. The van der Waals surface area contributed by atoms with E-state index in [1.807, 2.05) is 18.5 Å². The highest BCUT2D eigenvalue weighted by atomic mass is 19.4. The van der Waals surface area contributed by atoms with Crippen LogP contribution in [0.1, 0.15) is 17.1 Å². The Morgan fingerprint density at radius 1 is 0.733 bits per heavy atom. The van der Waals surface area contributed by atoms with Crippen LogP contribution in [-0.4, -0.2) is 121 Å². The summed E-state index contributed by atoms with van der Waals surface area (Å²) in [6.45, 7) is 9.68. The van der Waals surface area contributed by atoms with Crippen LogP contribution in [0.15, 0.2) is 30.7 Å². The summed E-state index contributed by atoms with van der Waals surface area (Å²) in [7, 11) is 2.20. The first kappa shape index (κ1) is 39.0. The molecule has 12 nitrogen and oxygen atoms in total. The number of fused-ring (bicyclic) bond motifs is 1. The van der Waals surface area contributed by atoms with Crippen LogP contribution in [0.2, 0.25) is 0 Å². The molecule has 1 fully saturated rings. The predicted octanol–water partition coefficient (Wildman–Crippen LogP) is 2.94. The number of hydrogen-bond acceptors (Lipinski definition) is 8. The summed E-state index contributed by atoms with van der Waals surface area (Å²) in [5.74, 6) is -7.07. The molecule has 2 aromatic rings. The molecule has 1 saturated heterocycles. The molecule has 21 heteroatoms. The molecule has 0 bridgehead atoms. The smallest absolute Gasteiger partial charge is 0.475 e. The minimum Gasteiger partial charge on any atom is -0.475 e. The zero-order valence-corrected chi connectivity index (χ0v) is 23.4. The van der Waals surface area contributed by atoms with E-state index in [-0.39, 0.29) is 0 Å². The van der Waals surface area contributed by atoms with E-state index in [9.17, 15) is 39.5 Å². The lowest BCUT2D eigenvalue weighted by atomic mass is 10.2. The van der Waals surface area contributed by atoms with Crippen molar-refractivity contribution in [1.82, 2.24) is 29.2 Å². The number of piperazine rings is 1. The summed E-state index contributed by atoms with van der Waals surface area (Å²) in [4.78, 5) is 43.0. The molecule has 0 saturated carbocycles. The van der Waals surface area contributed by atoms with Crippen molar-refractivity contribution in [3.05, 3.63) is 47.8 Å². The van der Waals surface area contributed by atoms with Crippen LogP contribution in [0.3, 0.4) is 0 Å². The minimum atomic E-state index is -5.08. The highest BCUT2D eigenvalue weighted by Gasteiger charge is 2.39. The molecule has 2 aromatic heterocycles. The maximum absolute atomic E-state index is 10.6. The number of pyridine rings is 1. The molecule has 4 heterocycles. The Kier molecular flexibility index (Phi) is 14.7. The molecule has 3 N–H and O–H groups in total. The number of imidazole rings is 1. The van der Waals surface area contributed by atoms with Crippen molar-refractivity contribution in [2.45, 2.75) is 44.7 Å². The van der Waals surface area contributed by atoms with Crippen LogP contribution in [0.4, 0.5) is 39.5 Å². The van der Waals surface area contributed by atoms with Crippen molar-refractivity contribution in [1.29, 1.82) is 0 Å². The fraction of sp³-hybridized carbons (Fsp3) is 0.542. The summed E-state index contributed by atoms with van der Waals surface area (Å²) in [6, 6.07) is 4.15. The standard InChI is InChI=1S/C18H26N6.3C2HF3O2/c1-21-5-7-22(8-6-21)14-17-12-20-18-15-23(9-10-24(17)18)13-16-3-2-4-19-11-16;3*3-2(4,5)1(6)7/h2-4,11-12H,5-10,13-15H2,1H3;3*(H,6,7). The monoisotopic (exact) mass is 668 g/mol. The Balaban J connectivity index is 0.000000396. The minimum absolute atomic E-state index is 0.928. The fourth-order valence-corrected chi connectivity index (χ4v) is 3.62. The lowest BCUT2D eigenvalue weighted by Crippen LogP contribution is -2.44. The van der Waals surface area contributed by atoms with E-state index < -0.39 is 36.4 Å². The Hall–Kier alpha value is -3.98. The molecule has 0 aliphatic carbocycles. The second kappa shape index (κ2) is 16.9. The van der Waals surface area contributed by atoms with Gasteiger partial charge in [0, 0.05) is 70.9 Å². The third kappa shape index (κ3) is 15.0. The van der Waals surface area contributed by atoms with Gasteiger partial charge in [0.1, 0.15) is 5.82 Å². The second-order valence-electron chi connectivity index (χ2n) is 9.38. The van der Waals surface area contributed by atoms with E-state index in [0.717, 1.165) is 45.8 Å². The molecule has 0 radical (unpaired) electrons. The van der Waals surface area contributed by atoms with E-state index in [2.05, 4.69) is 43.6 Å². The molecular formula is C24H29F9N6O6. The van der Waals surface area contributed by atoms with Crippen molar-refractivity contribution in [3.63, 3.8) is 0 Å². The molecule has 0 aromatic carbocycles. The van der Waals surface area contributed by atoms with Crippen molar-refractivity contribution in [2.75, 3.05) is 39.8 Å². The molecule has 0 spiro atoms. The van der Waals surface area contributed by atoms with Crippen LogP contribution >= 0.6 is 0 Å². The lowest BCUT2D eigenvalue weighted by Gasteiger charge is -2.33. The van der Waals surface area contributed by atoms with E-state index >= 15 is 0 Å². The van der Waals surface area contributed by atoms with Gasteiger partial charge in [0.05, 0.1) is 12.2 Å². The van der Waals surface area contributed by atoms with Gasteiger partial charge in [0.25, 0.3) is 0 Å². The zero-order chi connectivity index (χ0) is 34.6. The molecule has 2 aliphatic rings. The first-order chi connectivity index (χ1) is 20.6. The van der Waals surface area contributed by atoms with E-state index in [0.29, 0.717) is 0 Å². The number of carbonyl (C=O) groups is 3. The maximum atomic E-state index is 10.6. The average Bonchev–Trinajstić information content (AvgIpc) is 3.32. The molecular weight excluding hydrogens is 639 g/mol. The molecule has 0 atom stereocenters. The van der Waals surface area contributed by atoms with Gasteiger partial charge in [-0.25, -0.2) is 19.4 Å². The van der Waals surface area contributed by atoms with Gasteiger partial charge in [-0.2, -0.15) is 39.5 Å². The number of aromatic nitrogens is 3. The van der Waals surface area contributed by atoms with Crippen molar-refractivity contribution in [2.24, 2.45) is 0 Å². The topological polar surface area (TPSA) is 152 Å². The van der Waals surface area contributed by atoms with Crippen LogP contribution < -0.4 is 0 Å². The number of likely N-dealkylation sites (N-methyl/N-ethyl adjacent to an activating group) is 1. The number of rotatable bonds is 4. The normalized spacial score (nSPS) is 16.0. The molecule has 4 rings (SSSR count). The molecule has 254 valence electrons. The number of nitrogens with zero attached hydrogens (tertiary/aromatic N) is 6. The van der Waals surface area contributed by atoms with E-state index in [1.54, 1.807) is 0 Å².